The van der Waals surface area contributed by atoms with Crippen LogP contribution in [-0.2, 0) is 0 Å². The lowest BCUT2D eigenvalue weighted by Gasteiger charge is -2.50. The van der Waals surface area contributed by atoms with Crippen molar-refractivity contribution in [3.63, 3.8) is 0 Å². The summed E-state index contributed by atoms with van der Waals surface area (Å²) >= 11 is 0. The van der Waals surface area contributed by atoms with Crippen molar-refractivity contribution >= 4 is 11.4 Å². The lowest BCUT2D eigenvalue weighted by molar-refractivity contribution is -0.950. The van der Waals surface area contributed by atoms with E-state index in [0.29, 0.717) is 0 Å². The maximum Gasteiger partial charge on any atom is 0.0967 e. The molecule has 2 rings (SSSR count). The number of rotatable bonds is 8. The third kappa shape index (κ3) is 6.75. The summed E-state index contributed by atoms with van der Waals surface area (Å²) in [5.41, 5.74) is 2.92. The topological polar surface area (TPSA) is 6.48 Å². The Morgan fingerprint density at radius 3 is 1.12 bits per heavy atom. The zero-order chi connectivity index (χ0) is 24.2. The van der Waals surface area contributed by atoms with E-state index in [1.54, 1.807) is 0 Å². The molecule has 0 unspecified atom stereocenters. The predicted molar refractivity (Wildman–Crippen MR) is 143 cm³/mol. The van der Waals surface area contributed by atoms with Crippen molar-refractivity contribution in [3.05, 3.63) is 60.7 Å². The van der Waals surface area contributed by atoms with Gasteiger partial charge in [0.1, 0.15) is 0 Å². The van der Waals surface area contributed by atoms with Gasteiger partial charge in [-0.15, -0.1) is 0 Å². The van der Waals surface area contributed by atoms with Gasteiger partial charge >= 0.3 is 0 Å². The maximum absolute atomic E-state index is 2.56. The van der Waals surface area contributed by atoms with E-state index in [1.807, 2.05) is 0 Å². The van der Waals surface area contributed by atoms with Crippen LogP contribution in [0.2, 0.25) is 0 Å². The Balaban J connectivity index is 2.26. The van der Waals surface area contributed by atoms with Gasteiger partial charge < -0.3 is 14.3 Å². The van der Waals surface area contributed by atoms with Gasteiger partial charge in [-0.25, -0.2) is 0 Å². The largest absolute Gasteiger partial charge is 0.361 e. The fourth-order valence-corrected chi connectivity index (χ4v) is 4.34. The van der Waals surface area contributed by atoms with Gasteiger partial charge in [0.2, 0.25) is 0 Å². The van der Waals surface area contributed by atoms with Crippen molar-refractivity contribution in [2.24, 2.45) is 0 Å². The SMILES string of the molecule is CC(C)(C)N(CC[N+](C)(CCN(c1ccccc1)C(C)(C)C)C(C)(C)C)c1ccccc1. The normalized spacial score (nSPS) is 13.2. The number of likely N-dealkylation sites (N-methyl/N-ethyl adjacent to an activating group) is 1. The summed E-state index contributed by atoms with van der Waals surface area (Å²) in [6.07, 6.45) is 0. The summed E-state index contributed by atoms with van der Waals surface area (Å²) in [6, 6.07) is 21.7. The van der Waals surface area contributed by atoms with Crippen LogP contribution < -0.4 is 9.80 Å². The Morgan fingerprint density at radius 1 is 0.562 bits per heavy atom. The molecule has 32 heavy (non-hydrogen) atoms. The number of hydrogen-bond acceptors (Lipinski definition) is 2. The van der Waals surface area contributed by atoms with E-state index in [0.717, 1.165) is 30.7 Å². The van der Waals surface area contributed by atoms with Crippen LogP contribution in [0.4, 0.5) is 11.4 Å². The van der Waals surface area contributed by atoms with Gasteiger partial charge in [-0.2, -0.15) is 0 Å². The first-order chi connectivity index (χ1) is 14.7. The number of quaternary nitrogens is 1. The average Bonchev–Trinajstić information content (AvgIpc) is 2.67. The summed E-state index contributed by atoms with van der Waals surface area (Å²) in [5, 5.41) is 0. The first-order valence-corrected chi connectivity index (χ1v) is 12.2. The van der Waals surface area contributed by atoms with Gasteiger partial charge in [-0.1, -0.05) is 36.4 Å². The molecule has 0 spiro atoms. The minimum Gasteiger partial charge on any atom is -0.361 e. The van der Waals surface area contributed by atoms with Gasteiger partial charge in [-0.3, -0.25) is 0 Å². The quantitative estimate of drug-likeness (QED) is 0.416. The fraction of sp³-hybridized carbons (Fsp3) is 0.586. The molecule has 0 atom stereocenters. The summed E-state index contributed by atoms with van der Waals surface area (Å²) in [7, 11) is 2.44. The van der Waals surface area contributed by atoms with Crippen molar-refractivity contribution in [1.29, 1.82) is 0 Å². The van der Waals surface area contributed by atoms with Crippen LogP contribution >= 0.6 is 0 Å². The molecular formula is C29H48N3+. The fourth-order valence-electron chi connectivity index (χ4n) is 4.34. The molecule has 0 radical (unpaired) electrons. The number of nitrogens with zero attached hydrogens (tertiary/aromatic N) is 3. The molecule has 0 amide bonds. The van der Waals surface area contributed by atoms with E-state index in [2.05, 4.69) is 140 Å². The van der Waals surface area contributed by atoms with Crippen molar-refractivity contribution in [3.8, 4) is 0 Å². The summed E-state index contributed by atoms with van der Waals surface area (Å²) in [6.45, 7) is 25.3. The molecule has 2 aromatic carbocycles. The standard InChI is InChI=1S/C29H48N3/c1-27(2,3)30(25-17-13-11-14-18-25)21-23-32(10,29(7,8)9)24-22-31(28(4,5)6)26-19-15-12-16-20-26/h11-20H,21-24H2,1-10H3/q+1. The second kappa shape index (κ2) is 9.87. The van der Waals surface area contributed by atoms with Crippen molar-refractivity contribution < 1.29 is 4.48 Å². The van der Waals surface area contributed by atoms with Gasteiger partial charge in [0.05, 0.1) is 38.8 Å². The smallest absolute Gasteiger partial charge is 0.0967 e. The molecule has 0 aliphatic rings. The molecule has 0 saturated carbocycles. The third-order valence-corrected chi connectivity index (χ3v) is 7.01. The molecule has 2 aromatic rings. The van der Waals surface area contributed by atoms with Crippen molar-refractivity contribution in [2.45, 2.75) is 78.9 Å². The molecular weight excluding hydrogens is 390 g/mol. The highest BCUT2D eigenvalue weighted by molar-refractivity contribution is 5.49. The maximum atomic E-state index is 2.56. The molecule has 0 aromatic heterocycles. The lowest BCUT2D eigenvalue weighted by Crippen LogP contribution is -2.63. The summed E-state index contributed by atoms with van der Waals surface area (Å²) in [4.78, 5) is 5.13. The Kier molecular flexibility index (Phi) is 8.10. The van der Waals surface area contributed by atoms with E-state index < -0.39 is 0 Å². The first-order valence-electron chi connectivity index (χ1n) is 12.2. The third-order valence-electron chi connectivity index (χ3n) is 7.01. The Labute approximate surface area is 198 Å². The van der Waals surface area contributed by atoms with E-state index in [9.17, 15) is 0 Å². The average molecular weight is 439 g/mol. The Hall–Kier alpha value is -2.00. The minimum atomic E-state index is 0.0750. The van der Waals surface area contributed by atoms with Gasteiger partial charge in [0.25, 0.3) is 0 Å². The van der Waals surface area contributed by atoms with Crippen LogP contribution in [0, 0.1) is 0 Å². The van der Waals surface area contributed by atoms with Gasteiger partial charge in [0, 0.05) is 22.5 Å². The number of hydrogen-bond donors (Lipinski definition) is 0. The van der Waals surface area contributed by atoms with Crippen LogP contribution in [0.1, 0.15) is 62.3 Å². The Morgan fingerprint density at radius 2 is 0.875 bits per heavy atom. The zero-order valence-corrected chi connectivity index (χ0v) is 22.4. The zero-order valence-electron chi connectivity index (χ0n) is 22.4. The van der Waals surface area contributed by atoms with Crippen LogP contribution in [0.25, 0.3) is 0 Å². The molecule has 178 valence electrons. The van der Waals surface area contributed by atoms with Crippen LogP contribution in [0.15, 0.2) is 60.7 Å². The highest BCUT2D eigenvalue weighted by atomic mass is 15.4. The molecule has 3 nitrogen and oxygen atoms in total. The Bertz CT molecular complexity index is 746. The molecule has 3 heteroatoms. The van der Waals surface area contributed by atoms with Crippen molar-refractivity contribution in [2.75, 3.05) is 43.0 Å². The lowest BCUT2D eigenvalue weighted by atomic mass is 9.99. The van der Waals surface area contributed by atoms with Gasteiger partial charge in [0.15, 0.2) is 0 Å². The number of anilines is 2. The number of para-hydroxylation sites is 2. The van der Waals surface area contributed by atoms with Crippen LogP contribution in [0.3, 0.4) is 0 Å². The monoisotopic (exact) mass is 438 g/mol. The number of benzene rings is 2. The molecule has 0 aliphatic heterocycles. The van der Waals surface area contributed by atoms with Gasteiger partial charge in [-0.05, 0) is 86.6 Å². The summed E-state index contributed by atoms with van der Waals surface area (Å²) in [5.74, 6) is 0. The van der Waals surface area contributed by atoms with E-state index in [1.165, 1.54) is 11.4 Å². The molecule has 0 aliphatic carbocycles. The first kappa shape index (κ1) is 26.3. The van der Waals surface area contributed by atoms with Crippen LogP contribution in [0.5, 0.6) is 0 Å². The van der Waals surface area contributed by atoms with Crippen molar-refractivity contribution in [1.82, 2.24) is 0 Å². The highest BCUT2D eigenvalue weighted by Gasteiger charge is 2.38. The van der Waals surface area contributed by atoms with E-state index in [4.69, 9.17) is 0 Å². The molecule has 0 saturated heterocycles. The molecule has 0 bridgehead atoms. The van der Waals surface area contributed by atoms with E-state index in [-0.39, 0.29) is 16.6 Å². The second-order valence-electron chi connectivity index (χ2n) is 12.3. The van der Waals surface area contributed by atoms with Crippen LogP contribution in [-0.4, -0.2) is 54.3 Å². The second-order valence-corrected chi connectivity index (χ2v) is 12.3. The minimum absolute atomic E-state index is 0.0750. The molecule has 0 N–H and O–H groups in total. The van der Waals surface area contributed by atoms with E-state index >= 15 is 0 Å². The predicted octanol–water partition coefficient (Wildman–Crippen LogP) is 6.84. The summed E-state index contributed by atoms with van der Waals surface area (Å²) < 4.78 is 1.02. The highest BCUT2D eigenvalue weighted by Crippen LogP contribution is 2.29. The molecule has 0 fully saturated rings. The molecule has 0 heterocycles.